The highest BCUT2D eigenvalue weighted by Gasteiger charge is 2.41. The molecule has 2 heterocycles. The Balaban J connectivity index is 1.54. The summed E-state index contributed by atoms with van der Waals surface area (Å²) in [7, 11) is 4.12. The van der Waals surface area contributed by atoms with Gasteiger partial charge in [0.05, 0.1) is 23.3 Å². The van der Waals surface area contributed by atoms with Gasteiger partial charge in [0.25, 0.3) is 0 Å². The van der Waals surface area contributed by atoms with Gasteiger partial charge in [-0.05, 0) is 57.1 Å². The van der Waals surface area contributed by atoms with E-state index in [1.165, 1.54) is 5.56 Å². The van der Waals surface area contributed by atoms with Crippen molar-refractivity contribution in [1.82, 2.24) is 24.6 Å². The van der Waals surface area contributed by atoms with Gasteiger partial charge < -0.3 is 10.2 Å². The fourth-order valence-electron chi connectivity index (χ4n) is 3.19. The van der Waals surface area contributed by atoms with Crippen LogP contribution in [0.3, 0.4) is 0 Å². The number of aromatic nitrogens is 4. The molecular formula is C21H25ClN6. The molecule has 6 nitrogen and oxygen atoms in total. The average molecular weight is 397 g/mol. The normalized spacial score (nSPS) is 15.0. The van der Waals surface area contributed by atoms with Crippen LogP contribution in [0.2, 0.25) is 0 Å². The van der Waals surface area contributed by atoms with Gasteiger partial charge >= 0.3 is 0 Å². The summed E-state index contributed by atoms with van der Waals surface area (Å²) in [5.74, 6) is 0.575. The molecule has 4 rings (SSSR count). The molecule has 0 saturated heterocycles. The number of nitrogens with one attached hydrogen (secondary N) is 1. The van der Waals surface area contributed by atoms with Crippen molar-refractivity contribution in [3.63, 3.8) is 0 Å². The Bertz CT molecular complexity index is 977. The lowest BCUT2D eigenvalue weighted by molar-refractivity contribution is 0.402. The second-order valence-electron chi connectivity index (χ2n) is 7.87. The molecule has 0 unspecified atom stereocenters. The molecule has 0 amide bonds. The van der Waals surface area contributed by atoms with Gasteiger partial charge in [0.2, 0.25) is 5.95 Å². The molecule has 0 bridgehead atoms. The summed E-state index contributed by atoms with van der Waals surface area (Å²) < 4.78 is 1.91. The molecule has 1 aliphatic carbocycles. The standard InChI is InChI=1S/C21H25ClN6/c1-15-10-23-20(25-18-6-4-5-16(9-18)12-27(2)3)26-19(15)17-11-24-28(13-17)14-21(22)7-8-21/h4-6,9-11,13H,7-8,12,14H2,1-3H3,(H,23,25,26). The quantitative estimate of drug-likeness (QED) is 0.606. The Labute approximate surface area is 170 Å². The summed E-state index contributed by atoms with van der Waals surface area (Å²) in [6.07, 6.45) is 7.81. The van der Waals surface area contributed by atoms with Crippen molar-refractivity contribution in [3.05, 3.63) is 54.0 Å². The summed E-state index contributed by atoms with van der Waals surface area (Å²) in [6.45, 7) is 3.64. The second kappa shape index (κ2) is 7.53. The van der Waals surface area contributed by atoms with Gasteiger partial charge in [-0.15, -0.1) is 11.6 Å². The maximum Gasteiger partial charge on any atom is 0.227 e. The minimum absolute atomic E-state index is 0.103. The summed E-state index contributed by atoms with van der Waals surface area (Å²) >= 11 is 6.43. The molecule has 1 fully saturated rings. The van der Waals surface area contributed by atoms with Gasteiger partial charge in [0, 0.05) is 30.2 Å². The van der Waals surface area contributed by atoms with Crippen molar-refractivity contribution < 1.29 is 0 Å². The van der Waals surface area contributed by atoms with Gasteiger partial charge in [-0.2, -0.15) is 5.10 Å². The van der Waals surface area contributed by atoms with Crippen LogP contribution in [0.15, 0.2) is 42.9 Å². The average Bonchev–Trinajstić information content (AvgIpc) is 3.18. The lowest BCUT2D eigenvalue weighted by atomic mass is 10.1. The summed E-state index contributed by atoms with van der Waals surface area (Å²) in [6, 6.07) is 8.30. The number of hydrogen-bond donors (Lipinski definition) is 1. The first kappa shape index (κ1) is 18.9. The van der Waals surface area contributed by atoms with Gasteiger partial charge in [0.15, 0.2) is 0 Å². The van der Waals surface area contributed by atoms with Crippen LogP contribution < -0.4 is 5.32 Å². The Hall–Kier alpha value is -2.44. The Morgan fingerprint density at radius 2 is 2.07 bits per heavy atom. The van der Waals surface area contributed by atoms with Crippen molar-refractivity contribution in [2.45, 2.75) is 37.7 Å². The molecule has 0 atom stereocenters. The number of alkyl halides is 1. The molecule has 1 aromatic carbocycles. The van der Waals surface area contributed by atoms with E-state index in [0.29, 0.717) is 5.95 Å². The number of rotatable bonds is 7. The molecule has 146 valence electrons. The molecule has 0 aliphatic heterocycles. The summed E-state index contributed by atoms with van der Waals surface area (Å²) in [4.78, 5) is 11.2. The van der Waals surface area contributed by atoms with E-state index in [9.17, 15) is 0 Å². The number of halogens is 1. The van der Waals surface area contributed by atoms with E-state index < -0.39 is 0 Å². The Kier molecular flexibility index (Phi) is 5.08. The predicted octanol–water partition coefficient (Wildman–Crippen LogP) is 4.23. The van der Waals surface area contributed by atoms with Gasteiger partial charge in [-0.25, -0.2) is 9.97 Å². The topological polar surface area (TPSA) is 58.9 Å². The number of nitrogens with zero attached hydrogens (tertiary/aromatic N) is 5. The van der Waals surface area contributed by atoms with E-state index in [4.69, 9.17) is 16.6 Å². The third kappa shape index (κ3) is 4.51. The van der Waals surface area contributed by atoms with Crippen LogP contribution in [-0.2, 0) is 13.1 Å². The van der Waals surface area contributed by atoms with Crippen LogP contribution in [-0.4, -0.2) is 43.6 Å². The maximum atomic E-state index is 6.43. The number of anilines is 2. The van der Waals surface area contributed by atoms with Crippen molar-refractivity contribution in [3.8, 4) is 11.3 Å². The molecular weight excluding hydrogens is 372 g/mol. The van der Waals surface area contributed by atoms with E-state index in [0.717, 1.165) is 48.4 Å². The van der Waals surface area contributed by atoms with Gasteiger partial charge in [-0.3, -0.25) is 4.68 Å². The molecule has 2 aromatic heterocycles. The minimum atomic E-state index is -0.103. The largest absolute Gasteiger partial charge is 0.324 e. The molecule has 1 saturated carbocycles. The molecule has 1 N–H and O–H groups in total. The van der Waals surface area contributed by atoms with E-state index >= 15 is 0 Å². The first-order valence-electron chi connectivity index (χ1n) is 9.46. The van der Waals surface area contributed by atoms with E-state index in [1.807, 2.05) is 42.3 Å². The van der Waals surface area contributed by atoms with Crippen LogP contribution in [0.4, 0.5) is 11.6 Å². The zero-order valence-corrected chi connectivity index (χ0v) is 17.2. The monoisotopic (exact) mass is 396 g/mol. The molecule has 0 radical (unpaired) electrons. The highest BCUT2D eigenvalue weighted by molar-refractivity contribution is 6.25. The van der Waals surface area contributed by atoms with Gasteiger partial charge in [0.1, 0.15) is 0 Å². The van der Waals surface area contributed by atoms with Crippen LogP contribution in [0.25, 0.3) is 11.3 Å². The van der Waals surface area contributed by atoms with Crippen LogP contribution in [0.5, 0.6) is 0 Å². The molecule has 7 heteroatoms. The van der Waals surface area contributed by atoms with E-state index in [2.05, 4.69) is 46.5 Å². The number of benzene rings is 1. The van der Waals surface area contributed by atoms with Crippen molar-refractivity contribution >= 4 is 23.2 Å². The molecule has 0 spiro atoms. The third-order valence-electron chi connectivity index (χ3n) is 4.80. The highest BCUT2D eigenvalue weighted by atomic mass is 35.5. The van der Waals surface area contributed by atoms with E-state index in [-0.39, 0.29) is 4.87 Å². The smallest absolute Gasteiger partial charge is 0.227 e. The lowest BCUT2D eigenvalue weighted by Crippen LogP contribution is -2.11. The third-order valence-corrected chi connectivity index (χ3v) is 5.30. The van der Waals surface area contributed by atoms with E-state index in [1.54, 1.807) is 0 Å². The number of hydrogen-bond acceptors (Lipinski definition) is 5. The Morgan fingerprint density at radius 3 is 2.82 bits per heavy atom. The van der Waals surface area contributed by atoms with Crippen LogP contribution in [0.1, 0.15) is 24.0 Å². The van der Waals surface area contributed by atoms with Gasteiger partial charge in [-0.1, -0.05) is 12.1 Å². The summed E-state index contributed by atoms with van der Waals surface area (Å²) in [5, 5.41) is 7.78. The fourth-order valence-corrected chi connectivity index (χ4v) is 3.41. The SMILES string of the molecule is Cc1cnc(Nc2cccc(CN(C)C)c2)nc1-c1cnn(CC2(Cl)CC2)c1. The molecule has 3 aromatic rings. The zero-order valence-electron chi connectivity index (χ0n) is 16.5. The minimum Gasteiger partial charge on any atom is -0.324 e. The first-order chi connectivity index (χ1) is 13.4. The lowest BCUT2D eigenvalue weighted by Gasteiger charge is -2.12. The summed E-state index contributed by atoms with van der Waals surface area (Å²) in [5.41, 5.74) is 5.08. The molecule has 28 heavy (non-hydrogen) atoms. The molecule has 1 aliphatic rings. The van der Waals surface area contributed by atoms with Crippen molar-refractivity contribution in [1.29, 1.82) is 0 Å². The van der Waals surface area contributed by atoms with Crippen LogP contribution in [0, 0.1) is 6.92 Å². The first-order valence-corrected chi connectivity index (χ1v) is 9.84. The second-order valence-corrected chi connectivity index (χ2v) is 8.67. The highest BCUT2D eigenvalue weighted by Crippen LogP contribution is 2.43. The maximum absolute atomic E-state index is 6.43. The van der Waals surface area contributed by atoms with Crippen molar-refractivity contribution in [2.75, 3.05) is 19.4 Å². The predicted molar refractivity (Wildman–Crippen MR) is 113 cm³/mol. The Morgan fingerprint density at radius 1 is 1.25 bits per heavy atom. The van der Waals surface area contributed by atoms with Crippen molar-refractivity contribution in [2.24, 2.45) is 0 Å². The fraction of sp³-hybridized carbons (Fsp3) is 0.381. The number of aryl methyl sites for hydroxylation is 1. The zero-order chi connectivity index (χ0) is 19.7. The van der Waals surface area contributed by atoms with Crippen LogP contribution >= 0.6 is 11.6 Å².